The molecule has 162 valence electrons. The van der Waals surface area contributed by atoms with Crippen LogP contribution in [-0.2, 0) is 0 Å². The van der Waals surface area contributed by atoms with Crippen molar-refractivity contribution in [2.45, 2.75) is 6.42 Å². The number of benzene rings is 3. The normalized spacial score (nSPS) is 11.0. The van der Waals surface area contributed by atoms with E-state index in [0.29, 0.717) is 12.1 Å². The molecule has 0 spiro atoms. The zero-order valence-electron chi connectivity index (χ0n) is 17.9. The minimum absolute atomic E-state index is 0. The van der Waals surface area contributed by atoms with Gasteiger partial charge in [0.2, 0.25) is 0 Å². The highest BCUT2D eigenvalue weighted by molar-refractivity contribution is 7.22. The lowest BCUT2D eigenvalue weighted by Gasteiger charge is -2.21. The van der Waals surface area contributed by atoms with Crippen molar-refractivity contribution in [2.24, 2.45) is 0 Å². The number of amides is 1. The highest BCUT2D eigenvalue weighted by Crippen LogP contribution is 2.33. The van der Waals surface area contributed by atoms with Crippen molar-refractivity contribution in [1.29, 1.82) is 0 Å². The average Bonchev–Trinajstić information content (AvgIpc) is 3.18. The molecule has 0 saturated carbocycles. The Kier molecular flexibility index (Phi) is 7.49. The van der Waals surface area contributed by atoms with Crippen molar-refractivity contribution < 1.29 is 9.53 Å². The fourth-order valence-electron chi connectivity index (χ4n) is 3.52. The summed E-state index contributed by atoms with van der Waals surface area (Å²) in [6, 6.07) is 19.7. The van der Waals surface area contributed by atoms with E-state index in [9.17, 15) is 4.79 Å². The van der Waals surface area contributed by atoms with Crippen molar-refractivity contribution >= 4 is 55.8 Å². The SMILES string of the molecule is COc1ccc2nc(N(CCCN(C)C)C(=O)c3cccc4ccccc34)sc2c1.Cl. The molecule has 0 bridgehead atoms. The van der Waals surface area contributed by atoms with Crippen LogP contribution >= 0.6 is 23.7 Å². The summed E-state index contributed by atoms with van der Waals surface area (Å²) in [6.45, 7) is 1.51. The van der Waals surface area contributed by atoms with Crippen molar-refractivity contribution in [3.05, 3.63) is 66.2 Å². The van der Waals surface area contributed by atoms with Crippen LogP contribution in [0, 0.1) is 0 Å². The first-order chi connectivity index (χ1) is 14.6. The quantitative estimate of drug-likeness (QED) is 0.370. The molecule has 4 aromatic rings. The van der Waals surface area contributed by atoms with Crippen LogP contribution in [0.5, 0.6) is 5.75 Å². The molecule has 0 atom stereocenters. The van der Waals surface area contributed by atoms with E-state index in [1.807, 2.05) is 79.7 Å². The zero-order valence-corrected chi connectivity index (χ0v) is 19.5. The van der Waals surface area contributed by atoms with Gasteiger partial charge >= 0.3 is 0 Å². The molecule has 0 N–H and O–H groups in total. The topological polar surface area (TPSA) is 45.7 Å². The van der Waals surface area contributed by atoms with Crippen molar-refractivity contribution in [1.82, 2.24) is 9.88 Å². The molecule has 3 aromatic carbocycles. The molecular formula is C24H26ClN3O2S. The van der Waals surface area contributed by atoms with Gasteiger partial charge in [0.15, 0.2) is 5.13 Å². The van der Waals surface area contributed by atoms with E-state index in [1.54, 1.807) is 7.11 Å². The summed E-state index contributed by atoms with van der Waals surface area (Å²) < 4.78 is 6.35. The smallest absolute Gasteiger partial charge is 0.260 e. The Balaban J connectivity index is 0.00000272. The number of methoxy groups -OCH3 is 1. The number of aromatic nitrogens is 1. The number of fused-ring (bicyclic) bond motifs is 2. The predicted octanol–water partition coefficient (Wildman–Crippen LogP) is 5.48. The molecule has 0 aliphatic heterocycles. The van der Waals surface area contributed by atoms with Gasteiger partial charge < -0.3 is 9.64 Å². The molecule has 4 rings (SSSR count). The lowest BCUT2D eigenvalue weighted by atomic mass is 10.0. The van der Waals surface area contributed by atoms with Crippen LogP contribution in [0.25, 0.3) is 21.0 Å². The summed E-state index contributed by atoms with van der Waals surface area (Å²) in [5.41, 5.74) is 1.58. The Morgan fingerprint density at radius 3 is 2.58 bits per heavy atom. The Labute approximate surface area is 192 Å². The van der Waals surface area contributed by atoms with E-state index in [-0.39, 0.29) is 18.3 Å². The molecule has 1 aromatic heterocycles. The number of hydrogen-bond acceptors (Lipinski definition) is 5. The fraction of sp³-hybridized carbons (Fsp3) is 0.250. The third-order valence-electron chi connectivity index (χ3n) is 5.07. The number of rotatable bonds is 7. The molecule has 5 nitrogen and oxygen atoms in total. The second-order valence-corrected chi connectivity index (χ2v) is 8.48. The largest absolute Gasteiger partial charge is 0.497 e. The van der Waals surface area contributed by atoms with Crippen LogP contribution in [0.1, 0.15) is 16.8 Å². The maximum Gasteiger partial charge on any atom is 0.260 e. The van der Waals surface area contributed by atoms with Crippen LogP contribution in [0.4, 0.5) is 5.13 Å². The van der Waals surface area contributed by atoms with Crippen LogP contribution < -0.4 is 9.64 Å². The van der Waals surface area contributed by atoms with E-state index in [2.05, 4.69) is 4.90 Å². The summed E-state index contributed by atoms with van der Waals surface area (Å²) in [5.74, 6) is 0.772. The molecule has 1 heterocycles. The maximum absolute atomic E-state index is 13.7. The van der Waals surface area contributed by atoms with E-state index < -0.39 is 0 Å². The summed E-state index contributed by atoms with van der Waals surface area (Å²) >= 11 is 1.52. The van der Waals surface area contributed by atoms with Gasteiger partial charge in [-0.3, -0.25) is 9.69 Å². The molecule has 0 aliphatic rings. The number of nitrogens with zero attached hydrogens (tertiary/aromatic N) is 3. The number of halogens is 1. The van der Waals surface area contributed by atoms with Gasteiger partial charge in [-0.1, -0.05) is 47.7 Å². The minimum atomic E-state index is -0.0171. The molecule has 7 heteroatoms. The van der Waals surface area contributed by atoms with Gasteiger partial charge in [-0.15, -0.1) is 12.4 Å². The van der Waals surface area contributed by atoms with Gasteiger partial charge in [0.25, 0.3) is 5.91 Å². The summed E-state index contributed by atoms with van der Waals surface area (Å²) in [7, 11) is 5.74. The molecule has 31 heavy (non-hydrogen) atoms. The summed E-state index contributed by atoms with van der Waals surface area (Å²) in [6.07, 6.45) is 0.864. The van der Waals surface area contributed by atoms with Gasteiger partial charge in [0.1, 0.15) is 5.75 Å². The van der Waals surface area contributed by atoms with Crippen LogP contribution in [0.3, 0.4) is 0 Å². The molecule has 0 fully saturated rings. The first-order valence-corrected chi connectivity index (χ1v) is 10.8. The lowest BCUT2D eigenvalue weighted by molar-refractivity contribution is 0.0987. The third kappa shape index (κ3) is 4.98. The Morgan fingerprint density at radius 1 is 1.03 bits per heavy atom. The van der Waals surface area contributed by atoms with Gasteiger partial charge in [0, 0.05) is 12.1 Å². The number of carbonyl (C=O) groups is 1. The van der Waals surface area contributed by atoms with Crippen molar-refractivity contribution in [3.63, 3.8) is 0 Å². The number of hydrogen-bond donors (Lipinski definition) is 0. The maximum atomic E-state index is 13.7. The monoisotopic (exact) mass is 455 g/mol. The number of ether oxygens (including phenoxy) is 1. The molecule has 1 amide bonds. The van der Waals surface area contributed by atoms with Gasteiger partial charge in [-0.05, 0) is 62.1 Å². The van der Waals surface area contributed by atoms with Gasteiger partial charge in [0.05, 0.1) is 17.3 Å². The minimum Gasteiger partial charge on any atom is -0.497 e. The average molecular weight is 456 g/mol. The second-order valence-electron chi connectivity index (χ2n) is 7.47. The van der Waals surface area contributed by atoms with Crippen LogP contribution in [0.15, 0.2) is 60.7 Å². The molecule has 0 saturated heterocycles. The van der Waals surface area contributed by atoms with E-state index >= 15 is 0 Å². The van der Waals surface area contributed by atoms with Crippen molar-refractivity contribution in [3.8, 4) is 5.75 Å². The molecular weight excluding hydrogens is 430 g/mol. The number of anilines is 1. The van der Waals surface area contributed by atoms with E-state index in [1.165, 1.54) is 11.3 Å². The van der Waals surface area contributed by atoms with Crippen LogP contribution in [-0.4, -0.2) is 50.1 Å². The second kappa shape index (κ2) is 10.1. The highest BCUT2D eigenvalue weighted by Gasteiger charge is 2.22. The van der Waals surface area contributed by atoms with E-state index in [4.69, 9.17) is 9.72 Å². The third-order valence-corrected chi connectivity index (χ3v) is 6.11. The summed E-state index contributed by atoms with van der Waals surface area (Å²) in [4.78, 5) is 22.4. The Morgan fingerprint density at radius 2 is 1.81 bits per heavy atom. The predicted molar refractivity (Wildman–Crippen MR) is 132 cm³/mol. The Bertz CT molecular complexity index is 1190. The van der Waals surface area contributed by atoms with Gasteiger partial charge in [-0.25, -0.2) is 4.98 Å². The zero-order chi connectivity index (χ0) is 21.1. The molecule has 0 unspecified atom stereocenters. The first kappa shape index (κ1) is 23.0. The highest BCUT2D eigenvalue weighted by atomic mass is 35.5. The van der Waals surface area contributed by atoms with Crippen molar-refractivity contribution in [2.75, 3.05) is 39.2 Å². The molecule has 0 aliphatic carbocycles. The van der Waals surface area contributed by atoms with Crippen LogP contribution in [0.2, 0.25) is 0 Å². The van der Waals surface area contributed by atoms with Gasteiger partial charge in [-0.2, -0.15) is 0 Å². The van der Waals surface area contributed by atoms with E-state index in [0.717, 1.165) is 44.8 Å². The fourth-order valence-corrected chi connectivity index (χ4v) is 4.54. The first-order valence-electron chi connectivity index (χ1n) is 9.96. The number of carbonyl (C=O) groups excluding carboxylic acids is 1. The Hall–Kier alpha value is -2.67. The number of thiazole rings is 1. The molecule has 0 radical (unpaired) electrons. The standard InChI is InChI=1S/C24H25N3O2S.ClH/c1-26(2)14-7-15-27(24-25-21-13-12-18(29-3)16-22(21)30-24)23(28)20-11-6-9-17-8-4-5-10-19(17)20;/h4-6,8-13,16H,7,14-15H2,1-3H3;1H. The lowest BCUT2D eigenvalue weighted by Crippen LogP contribution is -2.33. The summed E-state index contributed by atoms with van der Waals surface area (Å²) in [5, 5.41) is 2.74.